The highest BCUT2D eigenvalue weighted by Gasteiger charge is 2.10. The van der Waals surface area contributed by atoms with Crippen LogP contribution < -0.4 is 15.6 Å². The highest BCUT2D eigenvalue weighted by Crippen LogP contribution is 2.16. The van der Waals surface area contributed by atoms with Gasteiger partial charge in [0.2, 0.25) is 5.91 Å². The van der Waals surface area contributed by atoms with Gasteiger partial charge in [-0.15, -0.1) is 10.2 Å². The number of carbonyl (C=O) groups excluding carboxylic acids is 2. The molecular formula is C16H14ClN5O3S. The Hall–Kier alpha value is -2.78. The number of hydrazine groups is 1. The number of nitrogens with one attached hydrogen (secondary N) is 2. The third kappa shape index (κ3) is 4.87. The van der Waals surface area contributed by atoms with E-state index in [-0.39, 0.29) is 18.3 Å². The van der Waals surface area contributed by atoms with E-state index in [4.69, 9.17) is 16.3 Å². The number of benzene rings is 1. The zero-order valence-corrected chi connectivity index (χ0v) is 15.0. The number of hydrogen-bond acceptors (Lipinski definition) is 6. The number of rotatable bonds is 6. The first-order valence-electron chi connectivity index (χ1n) is 7.50. The largest absolute Gasteiger partial charge is 0.484 e. The summed E-state index contributed by atoms with van der Waals surface area (Å²) < 4.78 is 7.05. The number of amides is 2. The summed E-state index contributed by atoms with van der Waals surface area (Å²) in [5.41, 5.74) is 5.30. The first-order chi connectivity index (χ1) is 12.6. The van der Waals surface area contributed by atoms with Gasteiger partial charge in [-0.05, 0) is 36.4 Å². The molecule has 134 valence electrons. The minimum atomic E-state index is -0.480. The Labute approximate surface area is 157 Å². The summed E-state index contributed by atoms with van der Waals surface area (Å²) >= 11 is 6.97. The molecule has 0 spiro atoms. The van der Waals surface area contributed by atoms with Crippen LogP contribution in [0.2, 0.25) is 5.02 Å². The van der Waals surface area contributed by atoms with Gasteiger partial charge in [-0.2, -0.15) is 0 Å². The standard InChI is InChI=1S/C16H14ClN5O3S/c17-11-4-6-12(7-5-11)25-9-14(23)19-20-15(24)10-26-16-21-18-13-3-1-2-8-22(13)16/h1-8H,9-10H2,(H,19,23)(H,20,24). The zero-order chi connectivity index (χ0) is 18.4. The maximum atomic E-state index is 11.8. The zero-order valence-electron chi connectivity index (χ0n) is 13.4. The van der Waals surface area contributed by atoms with Crippen LogP contribution in [0.15, 0.2) is 53.8 Å². The molecule has 2 amide bonds. The molecule has 2 aromatic heterocycles. The van der Waals surface area contributed by atoms with Gasteiger partial charge in [0, 0.05) is 11.2 Å². The van der Waals surface area contributed by atoms with E-state index in [9.17, 15) is 9.59 Å². The fourth-order valence-corrected chi connectivity index (χ4v) is 2.79. The SMILES string of the molecule is O=C(COc1ccc(Cl)cc1)NNC(=O)CSc1nnc2ccccn12. The molecule has 1 aromatic carbocycles. The minimum absolute atomic E-state index is 0.0774. The van der Waals surface area contributed by atoms with Gasteiger partial charge in [-0.3, -0.25) is 24.8 Å². The lowest BCUT2D eigenvalue weighted by Crippen LogP contribution is -2.44. The number of hydrogen-bond donors (Lipinski definition) is 2. The maximum Gasteiger partial charge on any atom is 0.276 e. The molecule has 0 saturated heterocycles. The van der Waals surface area contributed by atoms with Crippen molar-refractivity contribution in [3.05, 3.63) is 53.7 Å². The van der Waals surface area contributed by atoms with Crippen LogP contribution in [-0.4, -0.2) is 38.8 Å². The molecule has 2 N–H and O–H groups in total. The molecule has 10 heteroatoms. The van der Waals surface area contributed by atoms with E-state index in [1.165, 1.54) is 11.8 Å². The monoisotopic (exact) mass is 391 g/mol. The number of thioether (sulfide) groups is 1. The van der Waals surface area contributed by atoms with Crippen molar-refractivity contribution in [1.82, 2.24) is 25.4 Å². The van der Waals surface area contributed by atoms with Gasteiger partial charge in [0.25, 0.3) is 5.91 Å². The third-order valence-corrected chi connectivity index (χ3v) is 4.33. The highest BCUT2D eigenvalue weighted by atomic mass is 35.5. The van der Waals surface area contributed by atoms with Crippen LogP contribution in [0.1, 0.15) is 0 Å². The third-order valence-electron chi connectivity index (χ3n) is 3.14. The summed E-state index contributed by atoms with van der Waals surface area (Å²) in [6.45, 7) is -0.232. The summed E-state index contributed by atoms with van der Waals surface area (Å²) in [7, 11) is 0. The lowest BCUT2D eigenvalue weighted by Gasteiger charge is -2.08. The molecule has 0 radical (unpaired) electrons. The number of ether oxygens (including phenoxy) is 1. The van der Waals surface area contributed by atoms with Crippen molar-refractivity contribution in [3.63, 3.8) is 0 Å². The molecule has 0 aliphatic carbocycles. The number of halogens is 1. The Balaban J connectivity index is 1.39. The molecule has 26 heavy (non-hydrogen) atoms. The second kappa shape index (κ2) is 8.54. The quantitative estimate of drug-likeness (QED) is 0.490. The smallest absolute Gasteiger partial charge is 0.276 e. The molecule has 0 atom stereocenters. The fraction of sp³-hybridized carbons (Fsp3) is 0.125. The molecule has 8 nitrogen and oxygen atoms in total. The molecule has 0 aliphatic rings. The molecule has 3 rings (SSSR count). The Bertz CT molecular complexity index is 916. The predicted molar refractivity (Wildman–Crippen MR) is 96.9 cm³/mol. The van der Waals surface area contributed by atoms with E-state index in [1.54, 1.807) is 28.7 Å². The predicted octanol–water partition coefficient (Wildman–Crippen LogP) is 1.70. The molecular weight excluding hydrogens is 378 g/mol. The van der Waals surface area contributed by atoms with Gasteiger partial charge in [0.15, 0.2) is 17.4 Å². The normalized spacial score (nSPS) is 10.5. The van der Waals surface area contributed by atoms with Crippen molar-refractivity contribution in [2.75, 3.05) is 12.4 Å². The summed E-state index contributed by atoms with van der Waals surface area (Å²) in [5, 5.41) is 9.17. The fourth-order valence-electron chi connectivity index (χ4n) is 1.94. The average Bonchev–Trinajstić information content (AvgIpc) is 3.07. The van der Waals surface area contributed by atoms with Crippen LogP contribution in [0.25, 0.3) is 5.65 Å². The molecule has 0 aliphatic heterocycles. The van der Waals surface area contributed by atoms with Crippen LogP contribution in [-0.2, 0) is 9.59 Å². The van der Waals surface area contributed by atoms with Crippen molar-refractivity contribution in [2.24, 2.45) is 0 Å². The number of aromatic nitrogens is 3. The van der Waals surface area contributed by atoms with Crippen molar-refractivity contribution in [3.8, 4) is 5.75 Å². The van der Waals surface area contributed by atoms with E-state index in [0.29, 0.717) is 21.6 Å². The van der Waals surface area contributed by atoms with Crippen molar-refractivity contribution in [2.45, 2.75) is 5.16 Å². The lowest BCUT2D eigenvalue weighted by molar-refractivity contribution is -0.128. The number of fused-ring (bicyclic) bond motifs is 1. The molecule has 2 heterocycles. The van der Waals surface area contributed by atoms with E-state index in [1.807, 2.05) is 24.4 Å². The Morgan fingerprint density at radius 1 is 1.08 bits per heavy atom. The average molecular weight is 392 g/mol. The van der Waals surface area contributed by atoms with E-state index >= 15 is 0 Å². The Morgan fingerprint density at radius 2 is 1.85 bits per heavy atom. The van der Waals surface area contributed by atoms with Crippen LogP contribution >= 0.6 is 23.4 Å². The summed E-state index contributed by atoms with van der Waals surface area (Å²) in [6.07, 6.45) is 1.81. The number of carbonyl (C=O) groups is 2. The maximum absolute atomic E-state index is 11.8. The Morgan fingerprint density at radius 3 is 2.65 bits per heavy atom. The van der Waals surface area contributed by atoms with Gasteiger partial charge in [-0.1, -0.05) is 29.4 Å². The molecule has 0 bridgehead atoms. The summed E-state index contributed by atoms with van der Waals surface area (Å²) in [6, 6.07) is 12.1. The van der Waals surface area contributed by atoms with E-state index < -0.39 is 5.91 Å². The number of pyridine rings is 1. The van der Waals surface area contributed by atoms with E-state index in [2.05, 4.69) is 21.0 Å². The second-order valence-electron chi connectivity index (χ2n) is 5.04. The highest BCUT2D eigenvalue weighted by molar-refractivity contribution is 7.99. The van der Waals surface area contributed by atoms with Crippen molar-refractivity contribution < 1.29 is 14.3 Å². The van der Waals surface area contributed by atoms with Gasteiger partial charge in [-0.25, -0.2) is 0 Å². The molecule has 0 saturated carbocycles. The molecule has 0 unspecified atom stereocenters. The van der Waals surface area contributed by atoms with Gasteiger partial charge < -0.3 is 4.74 Å². The topological polar surface area (TPSA) is 97.6 Å². The van der Waals surface area contributed by atoms with Crippen LogP contribution in [0.4, 0.5) is 0 Å². The second-order valence-corrected chi connectivity index (χ2v) is 6.42. The van der Waals surface area contributed by atoms with E-state index in [0.717, 1.165) is 0 Å². The number of nitrogens with zero attached hydrogens (tertiary/aromatic N) is 3. The van der Waals surface area contributed by atoms with Crippen LogP contribution in [0.3, 0.4) is 0 Å². The van der Waals surface area contributed by atoms with Crippen molar-refractivity contribution in [1.29, 1.82) is 0 Å². The first-order valence-corrected chi connectivity index (χ1v) is 8.87. The Kier molecular flexibility index (Phi) is 5.92. The lowest BCUT2D eigenvalue weighted by atomic mass is 10.3. The van der Waals surface area contributed by atoms with Crippen LogP contribution in [0.5, 0.6) is 5.75 Å². The first kappa shape index (κ1) is 18.0. The molecule has 3 aromatic rings. The summed E-state index contributed by atoms with van der Waals surface area (Å²) in [4.78, 5) is 23.5. The van der Waals surface area contributed by atoms with Crippen LogP contribution in [0, 0.1) is 0 Å². The summed E-state index contributed by atoms with van der Waals surface area (Å²) in [5.74, 6) is -0.271. The van der Waals surface area contributed by atoms with Gasteiger partial charge in [0.05, 0.1) is 5.75 Å². The minimum Gasteiger partial charge on any atom is -0.484 e. The molecule has 0 fully saturated rings. The van der Waals surface area contributed by atoms with Crippen molar-refractivity contribution >= 4 is 40.8 Å². The van der Waals surface area contributed by atoms with Gasteiger partial charge in [0.1, 0.15) is 5.75 Å². The van der Waals surface area contributed by atoms with Gasteiger partial charge >= 0.3 is 0 Å².